The lowest BCUT2D eigenvalue weighted by Gasteiger charge is -2.17. The van der Waals surface area contributed by atoms with Crippen molar-refractivity contribution in [2.24, 2.45) is 0 Å². The molecule has 9 heteroatoms. The highest BCUT2D eigenvalue weighted by Gasteiger charge is 2.18. The second-order valence-electron chi connectivity index (χ2n) is 7.74. The number of anilines is 2. The Balaban J connectivity index is 1.84. The fourth-order valence-electron chi connectivity index (χ4n) is 3.63. The van der Waals surface area contributed by atoms with Crippen LogP contribution in [0, 0.1) is 13.8 Å². The van der Waals surface area contributed by atoms with Crippen LogP contribution in [0.2, 0.25) is 0 Å². The van der Waals surface area contributed by atoms with E-state index in [1.807, 2.05) is 51.1 Å². The Labute approximate surface area is 192 Å². The monoisotopic (exact) mass is 463 g/mol. The van der Waals surface area contributed by atoms with Gasteiger partial charge in [0.1, 0.15) is 5.75 Å². The van der Waals surface area contributed by atoms with E-state index in [0.29, 0.717) is 35.0 Å². The minimum Gasteiger partial charge on any atom is -0.437 e. The average molecular weight is 464 g/mol. The number of ether oxygens (including phenoxy) is 1. The summed E-state index contributed by atoms with van der Waals surface area (Å²) in [6.45, 7) is 5.64. The highest BCUT2D eigenvalue weighted by Crippen LogP contribution is 2.39. The summed E-state index contributed by atoms with van der Waals surface area (Å²) in [6, 6.07) is 13.0. The summed E-state index contributed by atoms with van der Waals surface area (Å²) in [5, 5.41) is 1.52. The first-order valence-electron chi connectivity index (χ1n) is 10.5. The van der Waals surface area contributed by atoms with Crippen LogP contribution in [0.3, 0.4) is 0 Å². The predicted molar refractivity (Wildman–Crippen MR) is 131 cm³/mol. The number of nitrogen functional groups attached to an aromatic ring is 1. The Kier molecular flexibility index (Phi) is 6.15. The van der Waals surface area contributed by atoms with Crippen molar-refractivity contribution in [3.05, 3.63) is 66.0 Å². The summed E-state index contributed by atoms with van der Waals surface area (Å²) in [5.41, 5.74) is 9.28. The lowest BCUT2D eigenvalue weighted by atomic mass is 10.0. The molecule has 0 spiro atoms. The molecule has 2 aromatic carbocycles. The number of hydrogen-bond donors (Lipinski definition) is 2. The number of fused-ring (bicyclic) bond motifs is 1. The zero-order valence-electron chi connectivity index (χ0n) is 18.7. The number of nitrogens with zero attached hydrogens (tertiary/aromatic N) is 3. The van der Waals surface area contributed by atoms with Crippen molar-refractivity contribution < 1.29 is 13.2 Å². The first kappa shape index (κ1) is 22.5. The van der Waals surface area contributed by atoms with Crippen molar-refractivity contribution in [2.75, 3.05) is 16.2 Å². The van der Waals surface area contributed by atoms with E-state index in [1.165, 1.54) is 0 Å². The van der Waals surface area contributed by atoms with Gasteiger partial charge in [-0.2, -0.15) is 0 Å². The van der Waals surface area contributed by atoms with Gasteiger partial charge in [-0.25, -0.2) is 23.4 Å². The Bertz CT molecular complexity index is 1440. The number of aromatic nitrogens is 3. The quantitative estimate of drug-likeness (QED) is 0.402. The molecule has 0 amide bonds. The molecule has 4 aromatic rings. The number of nitrogens with two attached hydrogens (primary N) is 1. The number of rotatable bonds is 7. The first-order chi connectivity index (χ1) is 15.8. The van der Waals surface area contributed by atoms with Gasteiger partial charge in [-0.15, -0.1) is 0 Å². The largest absolute Gasteiger partial charge is 0.437 e. The SMILES string of the molecule is CCCS(=O)(=O)Nc1c(C)ccc2c(Oc3ncccc3-c3ccnc(N)n3)c(C)ccc12. The van der Waals surface area contributed by atoms with Crippen LogP contribution in [-0.4, -0.2) is 29.1 Å². The molecule has 0 aliphatic heterocycles. The van der Waals surface area contributed by atoms with Gasteiger partial charge in [0.2, 0.25) is 21.9 Å². The fourth-order valence-corrected chi connectivity index (χ4v) is 4.85. The summed E-state index contributed by atoms with van der Waals surface area (Å²) in [6.07, 6.45) is 3.75. The van der Waals surface area contributed by atoms with E-state index in [1.54, 1.807) is 24.5 Å². The van der Waals surface area contributed by atoms with Crippen LogP contribution in [0.15, 0.2) is 54.9 Å². The summed E-state index contributed by atoms with van der Waals surface area (Å²) in [4.78, 5) is 12.6. The van der Waals surface area contributed by atoms with E-state index >= 15 is 0 Å². The van der Waals surface area contributed by atoms with E-state index in [2.05, 4.69) is 19.7 Å². The van der Waals surface area contributed by atoms with Gasteiger partial charge >= 0.3 is 0 Å². The molecular weight excluding hydrogens is 438 g/mol. The topological polar surface area (TPSA) is 120 Å². The highest BCUT2D eigenvalue weighted by atomic mass is 32.2. The van der Waals surface area contributed by atoms with Gasteiger partial charge in [-0.3, -0.25) is 4.72 Å². The van der Waals surface area contributed by atoms with Crippen LogP contribution >= 0.6 is 0 Å². The predicted octanol–water partition coefficient (Wildman–Crippen LogP) is 4.83. The van der Waals surface area contributed by atoms with Gasteiger partial charge < -0.3 is 10.5 Å². The second-order valence-corrected chi connectivity index (χ2v) is 9.59. The Morgan fingerprint density at radius 1 is 0.970 bits per heavy atom. The van der Waals surface area contributed by atoms with Crippen LogP contribution in [0.5, 0.6) is 11.6 Å². The van der Waals surface area contributed by atoms with Gasteiger partial charge in [-0.1, -0.05) is 31.2 Å². The lowest BCUT2D eigenvalue weighted by Crippen LogP contribution is -2.17. The molecule has 2 heterocycles. The molecule has 0 fully saturated rings. The summed E-state index contributed by atoms with van der Waals surface area (Å²) in [5.74, 6) is 1.16. The maximum atomic E-state index is 12.5. The fraction of sp³-hybridized carbons (Fsp3) is 0.208. The molecule has 33 heavy (non-hydrogen) atoms. The third kappa shape index (κ3) is 4.73. The third-order valence-corrected chi connectivity index (χ3v) is 6.67. The smallest absolute Gasteiger partial charge is 0.232 e. The van der Waals surface area contributed by atoms with Crippen LogP contribution in [0.25, 0.3) is 22.0 Å². The molecule has 0 radical (unpaired) electrons. The van der Waals surface area contributed by atoms with Crippen LogP contribution in [0.1, 0.15) is 24.5 Å². The molecule has 0 saturated carbocycles. The van der Waals surface area contributed by atoms with Crippen LogP contribution < -0.4 is 15.2 Å². The molecule has 0 aliphatic carbocycles. The molecule has 8 nitrogen and oxygen atoms in total. The minimum absolute atomic E-state index is 0.0530. The molecule has 0 atom stereocenters. The van der Waals surface area contributed by atoms with Crippen molar-refractivity contribution in [3.8, 4) is 22.9 Å². The van der Waals surface area contributed by atoms with E-state index in [0.717, 1.165) is 21.9 Å². The van der Waals surface area contributed by atoms with Gasteiger partial charge in [-0.05, 0) is 49.6 Å². The number of pyridine rings is 1. The highest BCUT2D eigenvalue weighted by molar-refractivity contribution is 7.92. The Morgan fingerprint density at radius 2 is 1.73 bits per heavy atom. The summed E-state index contributed by atoms with van der Waals surface area (Å²) >= 11 is 0. The molecule has 3 N–H and O–H groups in total. The average Bonchev–Trinajstić information content (AvgIpc) is 2.77. The van der Waals surface area contributed by atoms with E-state index in [9.17, 15) is 8.42 Å². The van der Waals surface area contributed by atoms with Gasteiger partial charge in [0.15, 0.2) is 0 Å². The molecule has 0 unspecified atom stereocenters. The summed E-state index contributed by atoms with van der Waals surface area (Å²) < 4.78 is 34.1. The van der Waals surface area contributed by atoms with Gasteiger partial charge in [0, 0.05) is 23.2 Å². The van der Waals surface area contributed by atoms with Crippen LogP contribution in [-0.2, 0) is 10.0 Å². The second kappa shape index (κ2) is 9.03. The van der Waals surface area contributed by atoms with E-state index in [4.69, 9.17) is 10.5 Å². The standard InChI is InChI=1S/C24H25N5O3S/c1-4-14-33(30,31)29-21-15(2)7-10-18-17(21)9-8-16(3)22(18)32-23-19(6-5-12-26-23)20-11-13-27-24(25)28-20/h5-13,29H,4,14H2,1-3H3,(H2,25,27,28). The minimum atomic E-state index is -3.46. The van der Waals surface area contributed by atoms with E-state index < -0.39 is 10.0 Å². The lowest BCUT2D eigenvalue weighted by molar-refractivity contribution is 0.466. The zero-order valence-corrected chi connectivity index (χ0v) is 19.5. The molecule has 2 aromatic heterocycles. The van der Waals surface area contributed by atoms with Crippen molar-refractivity contribution in [1.82, 2.24) is 15.0 Å². The zero-order chi connectivity index (χ0) is 23.6. The first-order valence-corrected chi connectivity index (χ1v) is 12.2. The Morgan fingerprint density at radius 3 is 2.48 bits per heavy atom. The van der Waals surface area contributed by atoms with Crippen molar-refractivity contribution in [1.29, 1.82) is 0 Å². The van der Waals surface area contributed by atoms with Crippen LogP contribution in [0.4, 0.5) is 11.6 Å². The molecule has 170 valence electrons. The number of hydrogen-bond acceptors (Lipinski definition) is 7. The van der Waals surface area contributed by atoms with Crippen molar-refractivity contribution in [2.45, 2.75) is 27.2 Å². The molecular formula is C24H25N5O3S. The summed E-state index contributed by atoms with van der Waals surface area (Å²) in [7, 11) is -3.46. The number of nitrogens with one attached hydrogen (secondary N) is 1. The maximum absolute atomic E-state index is 12.5. The molecule has 0 saturated heterocycles. The number of sulfonamides is 1. The van der Waals surface area contributed by atoms with Crippen molar-refractivity contribution in [3.63, 3.8) is 0 Å². The van der Waals surface area contributed by atoms with Crippen molar-refractivity contribution >= 4 is 32.4 Å². The normalized spacial score (nSPS) is 11.5. The third-order valence-electron chi connectivity index (χ3n) is 5.21. The maximum Gasteiger partial charge on any atom is 0.232 e. The Hall–Kier alpha value is -3.72. The molecule has 0 bridgehead atoms. The van der Waals surface area contributed by atoms with Gasteiger partial charge in [0.05, 0.1) is 22.7 Å². The molecule has 4 rings (SSSR count). The van der Waals surface area contributed by atoms with Gasteiger partial charge in [0.25, 0.3) is 0 Å². The van der Waals surface area contributed by atoms with E-state index in [-0.39, 0.29) is 11.7 Å². The number of benzene rings is 2. The molecule has 0 aliphatic rings. The number of aryl methyl sites for hydroxylation is 2.